The largest absolute Gasteiger partial charge is 0.463 e. The molecule has 2 aromatic carbocycles. The second-order valence-corrected chi connectivity index (χ2v) is 11.2. The molecule has 4 rings (SSSR count). The summed E-state index contributed by atoms with van der Waals surface area (Å²) < 4.78 is 5.90. The van der Waals surface area contributed by atoms with Gasteiger partial charge in [-0.1, -0.05) is 85.7 Å². The van der Waals surface area contributed by atoms with Crippen LogP contribution in [0.3, 0.4) is 0 Å². The molecule has 1 aliphatic carbocycles. The highest BCUT2D eigenvalue weighted by atomic mass is 16.5. The van der Waals surface area contributed by atoms with Crippen LogP contribution in [0.2, 0.25) is 0 Å². The zero-order valence-corrected chi connectivity index (χ0v) is 23.3. The number of hydrogen-bond acceptors (Lipinski definition) is 5. The summed E-state index contributed by atoms with van der Waals surface area (Å²) in [6.07, 6.45) is 9.82. The predicted octanol–water partition coefficient (Wildman–Crippen LogP) is 4.59. The molecular weight excluding hydrogens is 504 g/mol. The van der Waals surface area contributed by atoms with Crippen LogP contribution in [0, 0.1) is 11.8 Å². The monoisotopic (exact) mass is 546 g/mol. The number of hydrogen-bond donors (Lipinski definition) is 2. The van der Waals surface area contributed by atoms with Crippen molar-refractivity contribution in [3.05, 3.63) is 83.9 Å². The van der Waals surface area contributed by atoms with Gasteiger partial charge in [0.25, 0.3) is 0 Å². The van der Waals surface area contributed by atoms with Gasteiger partial charge in [-0.25, -0.2) is 0 Å². The fourth-order valence-corrected chi connectivity index (χ4v) is 5.76. The number of nitrogens with zero attached hydrogens (tertiary/aromatic N) is 1. The first-order valence-corrected chi connectivity index (χ1v) is 14.6. The lowest BCUT2D eigenvalue weighted by Gasteiger charge is -2.32. The normalized spacial score (nSPS) is 21.5. The van der Waals surface area contributed by atoms with Gasteiger partial charge in [-0.05, 0) is 49.7 Å². The Morgan fingerprint density at radius 2 is 1.62 bits per heavy atom. The summed E-state index contributed by atoms with van der Waals surface area (Å²) in [5.74, 6) is -1.37. The van der Waals surface area contributed by atoms with Crippen molar-refractivity contribution in [3.8, 4) is 0 Å². The number of amides is 2. The summed E-state index contributed by atoms with van der Waals surface area (Å²) in [6.45, 7) is 0.600. The number of aliphatic hydroxyl groups is 1. The topological polar surface area (TPSA) is 95.9 Å². The zero-order valence-electron chi connectivity index (χ0n) is 23.3. The molecule has 1 spiro atoms. The molecule has 0 unspecified atom stereocenters. The third-order valence-electron chi connectivity index (χ3n) is 8.10. The molecule has 40 heavy (non-hydrogen) atoms. The number of rotatable bonds is 8. The van der Waals surface area contributed by atoms with E-state index in [0.717, 1.165) is 36.8 Å². The van der Waals surface area contributed by atoms with E-state index in [0.29, 0.717) is 32.2 Å². The fourth-order valence-electron chi connectivity index (χ4n) is 5.76. The minimum Gasteiger partial charge on any atom is -0.463 e. The van der Waals surface area contributed by atoms with Gasteiger partial charge in [-0.3, -0.25) is 14.4 Å². The van der Waals surface area contributed by atoms with E-state index >= 15 is 0 Å². The van der Waals surface area contributed by atoms with Crippen molar-refractivity contribution < 1.29 is 24.2 Å². The summed E-state index contributed by atoms with van der Waals surface area (Å²) in [5, 5.41) is 12.8. The van der Waals surface area contributed by atoms with Crippen molar-refractivity contribution in [2.75, 3.05) is 19.8 Å². The van der Waals surface area contributed by atoms with Gasteiger partial charge in [-0.15, -0.1) is 0 Å². The van der Waals surface area contributed by atoms with Gasteiger partial charge in [0.05, 0.1) is 24.0 Å². The lowest BCUT2D eigenvalue weighted by atomic mass is 9.93. The Morgan fingerprint density at radius 3 is 2.30 bits per heavy atom. The van der Waals surface area contributed by atoms with Crippen LogP contribution < -0.4 is 5.32 Å². The Kier molecular flexibility index (Phi) is 10.9. The van der Waals surface area contributed by atoms with Crippen LogP contribution in [0.25, 0.3) is 0 Å². The first-order valence-electron chi connectivity index (χ1n) is 14.6. The number of allylic oxidation sites excluding steroid dienone is 2. The van der Waals surface area contributed by atoms with E-state index in [1.165, 1.54) is 0 Å². The van der Waals surface area contributed by atoms with Gasteiger partial charge in [0.15, 0.2) is 0 Å². The van der Waals surface area contributed by atoms with Crippen LogP contribution in [0.15, 0.2) is 72.8 Å². The van der Waals surface area contributed by atoms with E-state index in [2.05, 4.69) is 5.32 Å². The molecule has 1 saturated carbocycles. The minimum absolute atomic E-state index is 0.0511. The van der Waals surface area contributed by atoms with Gasteiger partial charge < -0.3 is 20.1 Å². The molecule has 1 heterocycles. The van der Waals surface area contributed by atoms with Crippen LogP contribution in [-0.2, 0) is 32.1 Å². The first-order chi connectivity index (χ1) is 19.5. The SMILES string of the molecule is O=C1NC2(CCCC2)COC(=O)[C@@H](Cc2ccccc2)CCC=CC[C@@H]1CC(=O)N(CCO)Cc1ccccc1. The Morgan fingerprint density at radius 1 is 0.950 bits per heavy atom. The summed E-state index contributed by atoms with van der Waals surface area (Å²) in [7, 11) is 0. The second-order valence-electron chi connectivity index (χ2n) is 11.2. The number of carbonyl (C=O) groups is 3. The summed E-state index contributed by atoms with van der Waals surface area (Å²) in [5.41, 5.74) is 1.47. The van der Waals surface area contributed by atoms with Crippen molar-refractivity contribution in [3.63, 3.8) is 0 Å². The highest BCUT2D eigenvalue weighted by molar-refractivity contribution is 5.86. The number of nitrogens with one attached hydrogen (secondary N) is 1. The molecule has 7 heteroatoms. The summed E-state index contributed by atoms with van der Waals surface area (Å²) in [6, 6.07) is 19.6. The average molecular weight is 547 g/mol. The highest BCUT2D eigenvalue weighted by Crippen LogP contribution is 2.32. The number of aliphatic hydroxyl groups excluding tert-OH is 1. The number of cyclic esters (lactones) is 1. The molecule has 2 amide bonds. The van der Waals surface area contributed by atoms with E-state index in [1.807, 2.05) is 72.8 Å². The quantitative estimate of drug-likeness (QED) is 0.373. The van der Waals surface area contributed by atoms with E-state index in [4.69, 9.17) is 4.74 Å². The van der Waals surface area contributed by atoms with Crippen molar-refractivity contribution in [1.82, 2.24) is 10.2 Å². The van der Waals surface area contributed by atoms with Crippen molar-refractivity contribution in [2.24, 2.45) is 11.8 Å². The van der Waals surface area contributed by atoms with Crippen LogP contribution >= 0.6 is 0 Å². The molecule has 0 aromatic heterocycles. The molecule has 7 nitrogen and oxygen atoms in total. The van der Waals surface area contributed by atoms with Crippen molar-refractivity contribution >= 4 is 17.8 Å². The third kappa shape index (κ3) is 8.52. The number of esters is 1. The van der Waals surface area contributed by atoms with Gasteiger partial charge in [0.2, 0.25) is 11.8 Å². The van der Waals surface area contributed by atoms with Crippen LogP contribution in [0.5, 0.6) is 0 Å². The summed E-state index contributed by atoms with van der Waals surface area (Å²) >= 11 is 0. The van der Waals surface area contributed by atoms with Crippen LogP contribution in [0.1, 0.15) is 62.5 Å². The molecular formula is C33H42N2O5. The van der Waals surface area contributed by atoms with Crippen molar-refractivity contribution in [1.29, 1.82) is 0 Å². The molecule has 1 aliphatic heterocycles. The Labute approximate surface area is 237 Å². The predicted molar refractivity (Wildman–Crippen MR) is 154 cm³/mol. The molecule has 2 aliphatic rings. The van der Waals surface area contributed by atoms with E-state index < -0.39 is 11.5 Å². The lowest BCUT2D eigenvalue weighted by molar-refractivity contribution is -0.152. The fraction of sp³-hybridized carbons (Fsp3) is 0.485. The van der Waals surface area contributed by atoms with Gasteiger partial charge >= 0.3 is 5.97 Å². The molecule has 214 valence electrons. The average Bonchev–Trinajstić information content (AvgIpc) is 3.43. The number of benzene rings is 2. The smallest absolute Gasteiger partial charge is 0.309 e. The zero-order chi connectivity index (χ0) is 28.2. The van der Waals surface area contributed by atoms with E-state index in [9.17, 15) is 19.5 Å². The molecule has 0 bridgehead atoms. The van der Waals surface area contributed by atoms with Crippen molar-refractivity contribution in [2.45, 2.75) is 69.9 Å². The van der Waals surface area contributed by atoms with Crippen LogP contribution in [-0.4, -0.2) is 53.1 Å². The third-order valence-corrected chi connectivity index (χ3v) is 8.10. The number of ether oxygens (including phenoxy) is 1. The molecule has 0 radical (unpaired) electrons. The maximum Gasteiger partial charge on any atom is 0.309 e. The lowest BCUT2D eigenvalue weighted by Crippen LogP contribution is -2.52. The van der Waals surface area contributed by atoms with Crippen LogP contribution in [0.4, 0.5) is 0 Å². The van der Waals surface area contributed by atoms with Gasteiger partial charge in [0.1, 0.15) is 6.61 Å². The first kappa shape index (κ1) is 29.5. The highest BCUT2D eigenvalue weighted by Gasteiger charge is 2.39. The Hall–Kier alpha value is -3.45. The molecule has 2 N–H and O–H groups in total. The van der Waals surface area contributed by atoms with Gasteiger partial charge in [-0.2, -0.15) is 0 Å². The van der Waals surface area contributed by atoms with E-state index in [1.54, 1.807) is 4.90 Å². The molecule has 2 aromatic rings. The Bertz CT molecular complexity index is 1130. The molecule has 1 fully saturated rings. The van der Waals surface area contributed by atoms with Gasteiger partial charge in [0, 0.05) is 19.5 Å². The number of carbonyl (C=O) groups excluding carboxylic acids is 3. The molecule has 2 atom stereocenters. The molecule has 0 saturated heterocycles. The Balaban J connectivity index is 1.49. The summed E-state index contributed by atoms with van der Waals surface area (Å²) in [4.78, 5) is 41.9. The standard InChI is InChI=1S/C33H42N2O5/c36-21-20-35(24-27-14-6-2-7-15-27)30(37)23-28-16-8-3-9-17-29(22-26-12-4-1-5-13-26)32(39)40-25-33(34-31(28)38)18-10-11-19-33/h1-8,12-15,28-29,36H,9-11,16-25H2,(H,34,38)/t28-,29-/m1/s1. The second kappa shape index (κ2) is 14.8. The minimum atomic E-state index is -0.599. The maximum absolute atomic E-state index is 13.6. The maximum atomic E-state index is 13.6. The van der Waals surface area contributed by atoms with E-state index in [-0.39, 0.29) is 49.9 Å².